The molecular weight excluding hydrogens is 280 g/mol. The lowest BCUT2D eigenvalue weighted by molar-refractivity contribution is -0.131. The third-order valence-electron chi connectivity index (χ3n) is 4.74. The second-order valence-corrected chi connectivity index (χ2v) is 6.06. The molecule has 22 heavy (non-hydrogen) atoms. The summed E-state index contributed by atoms with van der Waals surface area (Å²) in [5, 5.41) is 3.65. The minimum atomic E-state index is 0.184. The summed E-state index contributed by atoms with van der Waals surface area (Å²) in [5.41, 5.74) is 1.14. The zero-order valence-electron chi connectivity index (χ0n) is 13.3. The zero-order chi connectivity index (χ0) is 15.5. The fourth-order valence-electron chi connectivity index (χ4n) is 3.37. The van der Waals surface area contributed by atoms with Crippen molar-refractivity contribution in [1.29, 1.82) is 0 Å². The first-order chi connectivity index (χ1) is 10.7. The van der Waals surface area contributed by atoms with E-state index in [-0.39, 0.29) is 5.91 Å². The standard InChI is InChI=1S/C17H24N2O3/c1-3-13-10-19(12(2)20)8-7-15(13)18-9-14-5-4-6-16-17(14)22-11-21-16/h4-6,13,15,18H,3,7-11H2,1-2H3. The highest BCUT2D eigenvalue weighted by Gasteiger charge is 2.29. The average Bonchev–Trinajstić information content (AvgIpc) is 3.01. The van der Waals surface area contributed by atoms with Crippen LogP contribution in [-0.4, -0.2) is 36.7 Å². The van der Waals surface area contributed by atoms with Crippen molar-refractivity contribution in [3.05, 3.63) is 23.8 Å². The van der Waals surface area contributed by atoms with Gasteiger partial charge in [0.25, 0.3) is 0 Å². The number of carbonyl (C=O) groups excluding carboxylic acids is 1. The molecule has 5 heteroatoms. The molecule has 1 fully saturated rings. The molecule has 0 saturated carbocycles. The molecule has 2 unspecified atom stereocenters. The molecule has 3 rings (SSSR count). The highest BCUT2D eigenvalue weighted by Crippen LogP contribution is 2.35. The van der Waals surface area contributed by atoms with E-state index in [1.165, 1.54) is 0 Å². The number of likely N-dealkylation sites (tertiary alicyclic amines) is 1. The molecule has 2 heterocycles. The van der Waals surface area contributed by atoms with Crippen molar-refractivity contribution in [3.63, 3.8) is 0 Å². The van der Waals surface area contributed by atoms with Gasteiger partial charge in [-0.15, -0.1) is 0 Å². The normalized spacial score (nSPS) is 23.6. The zero-order valence-corrected chi connectivity index (χ0v) is 13.3. The van der Waals surface area contributed by atoms with Crippen molar-refractivity contribution in [2.45, 2.75) is 39.3 Å². The van der Waals surface area contributed by atoms with E-state index in [1.807, 2.05) is 17.0 Å². The number of ether oxygens (including phenoxy) is 2. The second kappa shape index (κ2) is 6.57. The van der Waals surface area contributed by atoms with Gasteiger partial charge in [-0.2, -0.15) is 0 Å². The van der Waals surface area contributed by atoms with Crippen LogP contribution in [0.4, 0.5) is 0 Å². The van der Waals surface area contributed by atoms with Crippen LogP contribution in [0.3, 0.4) is 0 Å². The third kappa shape index (κ3) is 3.04. The van der Waals surface area contributed by atoms with E-state index >= 15 is 0 Å². The van der Waals surface area contributed by atoms with Gasteiger partial charge in [-0.25, -0.2) is 0 Å². The Morgan fingerprint density at radius 1 is 1.41 bits per heavy atom. The van der Waals surface area contributed by atoms with Crippen LogP contribution in [0.25, 0.3) is 0 Å². The van der Waals surface area contributed by atoms with Gasteiger partial charge in [-0.1, -0.05) is 25.5 Å². The van der Waals surface area contributed by atoms with Crippen LogP contribution in [0.1, 0.15) is 32.3 Å². The number of amides is 1. The van der Waals surface area contributed by atoms with Crippen LogP contribution in [0.5, 0.6) is 11.5 Å². The summed E-state index contributed by atoms with van der Waals surface area (Å²) in [7, 11) is 0. The molecule has 2 aliphatic heterocycles. The minimum Gasteiger partial charge on any atom is -0.454 e. The first-order valence-corrected chi connectivity index (χ1v) is 8.05. The van der Waals surface area contributed by atoms with Gasteiger partial charge < -0.3 is 19.7 Å². The summed E-state index contributed by atoms with van der Waals surface area (Å²) in [6.07, 6.45) is 2.08. The van der Waals surface area contributed by atoms with Crippen LogP contribution in [0, 0.1) is 5.92 Å². The Kier molecular flexibility index (Phi) is 4.52. The smallest absolute Gasteiger partial charge is 0.231 e. The summed E-state index contributed by atoms with van der Waals surface area (Å²) in [6, 6.07) is 6.46. The predicted octanol–water partition coefficient (Wildman–Crippen LogP) is 2.15. The molecule has 0 radical (unpaired) electrons. The molecule has 1 saturated heterocycles. The number of carbonyl (C=O) groups is 1. The number of nitrogens with zero attached hydrogens (tertiary/aromatic N) is 1. The van der Waals surface area contributed by atoms with Crippen molar-refractivity contribution in [2.75, 3.05) is 19.9 Å². The van der Waals surface area contributed by atoms with Gasteiger partial charge in [-0.3, -0.25) is 4.79 Å². The molecular formula is C17H24N2O3. The van der Waals surface area contributed by atoms with Crippen LogP contribution < -0.4 is 14.8 Å². The van der Waals surface area contributed by atoms with E-state index in [2.05, 4.69) is 18.3 Å². The minimum absolute atomic E-state index is 0.184. The van der Waals surface area contributed by atoms with Crippen molar-refractivity contribution in [1.82, 2.24) is 10.2 Å². The summed E-state index contributed by atoms with van der Waals surface area (Å²) in [6.45, 7) is 6.63. The lowest BCUT2D eigenvalue weighted by Gasteiger charge is -2.38. The molecule has 1 N–H and O–H groups in total. The Bertz CT molecular complexity index is 547. The Morgan fingerprint density at radius 2 is 2.27 bits per heavy atom. The maximum Gasteiger partial charge on any atom is 0.231 e. The Labute approximate surface area is 131 Å². The van der Waals surface area contributed by atoms with Gasteiger partial charge in [0.2, 0.25) is 12.7 Å². The number of hydrogen-bond acceptors (Lipinski definition) is 4. The topological polar surface area (TPSA) is 50.8 Å². The largest absolute Gasteiger partial charge is 0.454 e. The molecule has 2 atom stereocenters. The van der Waals surface area contributed by atoms with E-state index in [0.29, 0.717) is 18.8 Å². The van der Waals surface area contributed by atoms with Crippen LogP contribution in [-0.2, 0) is 11.3 Å². The van der Waals surface area contributed by atoms with E-state index in [1.54, 1.807) is 6.92 Å². The number of nitrogens with one attached hydrogen (secondary N) is 1. The van der Waals surface area contributed by atoms with E-state index in [4.69, 9.17) is 9.47 Å². The molecule has 2 aliphatic rings. The maximum atomic E-state index is 11.5. The van der Waals surface area contributed by atoms with Crippen LogP contribution >= 0.6 is 0 Å². The van der Waals surface area contributed by atoms with Gasteiger partial charge in [0.15, 0.2) is 11.5 Å². The molecule has 1 aromatic rings. The Hall–Kier alpha value is -1.75. The molecule has 1 aromatic carbocycles. The van der Waals surface area contributed by atoms with Gasteiger partial charge in [0, 0.05) is 38.2 Å². The molecule has 1 amide bonds. The van der Waals surface area contributed by atoms with Crippen LogP contribution in [0.15, 0.2) is 18.2 Å². The first-order valence-electron chi connectivity index (χ1n) is 8.05. The molecule has 0 aromatic heterocycles. The number of piperidine rings is 1. The third-order valence-corrected chi connectivity index (χ3v) is 4.74. The predicted molar refractivity (Wildman–Crippen MR) is 83.8 cm³/mol. The van der Waals surface area contributed by atoms with Gasteiger partial charge >= 0.3 is 0 Å². The van der Waals surface area contributed by atoms with Gasteiger partial charge in [0.1, 0.15) is 0 Å². The second-order valence-electron chi connectivity index (χ2n) is 6.06. The Morgan fingerprint density at radius 3 is 3.05 bits per heavy atom. The summed E-state index contributed by atoms with van der Waals surface area (Å²) in [5.74, 6) is 2.39. The fraction of sp³-hybridized carbons (Fsp3) is 0.588. The number of rotatable bonds is 4. The molecule has 0 aliphatic carbocycles. The first kappa shape index (κ1) is 15.2. The number of para-hydroxylation sites is 1. The van der Waals surface area contributed by atoms with E-state index in [0.717, 1.165) is 49.5 Å². The van der Waals surface area contributed by atoms with Gasteiger partial charge in [-0.05, 0) is 18.4 Å². The quantitative estimate of drug-likeness (QED) is 0.926. The van der Waals surface area contributed by atoms with Gasteiger partial charge in [0.05, 0.1) is 0 Å². The molecule has 0 bridgehead atoms. The molecule has 0 spiro atoms. The number of benzene rings is 1. The highest BCUT2D eigenvalue weighted by molar-refractivity contribution is 5.73. The average molecular weight is 304 g/mol. The van der Waals surface area contributed by atoms with E-state index < -0.39 is 0 Å². The van der Waals surface area contributed by atoms with Crippen molar-refractivity contribution < 1.29 is 14.3 Å². The monoisotopic (exact) mass is 304 g/mol. The lowest BCUT2D eigenvalue weighted by atomic mass is 9.89. The van der Waals surface area contributed by atoms with Crippen molar-refractivity contribution in [3.8, 4) is 11.5 Å². The van der Waals surface area contributed by atoms with E-state index in [9.17, 15) is 4.79 Å². The van der Waals surface area contributed by atoms with Crippen molar-refractivity contribution >= 4 is 5.91 Å². The SMILES string of the molecule is CCC1CN(C(C)=O)CCC1NCc1cccc2c1OCO2. The Balaban J connectivity index is 1.62. The summed E-state index contributed by atoms with van der Waals surface area (Å²) >= 11 is 0. The van der Waals surface area contributed by atoms with Crippen molar-refractivity contribution in [2.24, 2.45) is 5.92 Å². The number of fused-ring (bicyclic) bond motifs is 1. The molecule has 5 nitrogen and oxygen atoms in total. The fourth-order valence-corrected chi connectivity index (χ4v) is 3.37. The van der Waals surface area contributed by atoms with Crippen LogP contribution in [0.2, 0.25) is 0 Å². The summed E-state index contributed by atoms with van der Waals surface area (Å²) < 4.78 is 11.0. The number of hydrogen-bond donors (Lipinski definition) is 1. The maximum absolute atomic E-state index is 11.5. The lowest BCUT2D eigenvalue weighted by Crippen LogP contribution is -2.50. The summed E-state index contributed by atoms with van der Waals surface area (Å²) in [4.78, 5) is 13.5. The highest BCUT2D eigenvalue weighted by atomic mass is 16.7. The molecule has 120 valence electrons.